The average molecular weight is 271 g/mol. The lowest BCUT2D eigenvalue weighted by Gasteiger charge is -2.11. The van der Waals surface area contributed by atoms with E-state index in [4.69, 9.17) is 4.52 Å². The van der Waals surface area contributed by atoms with Crippen LogP contribution >= 0.6 is 0 Å². The Bertz CT molecular complexity index is 604. The molecular formula is C15H17N3O2. The van der Waals surface area contributed by atoms with E-state index in [1.54, 1.807) is 4.90 Å². The summed E-state index contributed by atoms with van der Waals surface area (Å²) < 4.78 is 5.22. The van der Waals surface area contributed by atoms with Gasteiger partial charge in [0.05, 0.1) is 6.54 Å². The number of hydrogen-bond acceptors (Lipinski definition) is 4. The van der Waals surface area contributed by atoms with E-state index in [0.717, 1.165) is 18.5 Å². The molecule has 5 heteroatoms. The van der Waals surface area contributed by atoms with Crippen molar-refractivity contribution in [2.24, 2.45) is 0 Å². The Morgan fingerprint density at radius 3 is 2.80 bits per heavy atom. The number of carbonyl (C=O) groups is 1. The van der Waals surface area contributed by atoms with Crippen molar-refractivity contribution in [3.8, 4) is 0 Å². The predicted molar refractivity (Wildman–Crippen MR) is 72.9 cm³/mol. The molecule has 0 aliphatic carbocycles. The van der Waals surface area contributed by atoms with Crippen molar-refractivity contribution in [1.29, 1.82) is 0 Å². The summed E-state index contributed by atoms with van der Waals surface area (Å²) >= 11 is 0. The molecule has 104 valence electrons. The van der Waals surface area contributed by atoms with Crippen LogP contribution in [0.2, 0.25) is 0 Å². The second-order valence-electron chi connectivity index (χ2n) is 5.19. The number of carbonyl (C=O) groups excluding carboxylic acids is 1. The maximum Gasteiger partial charge on any atom is 0.246 e. The lowest BCUT2D eigenvalue weighted by Crippen LogP contribution is -2.23. The van der Waals surface area contributed by atoms with Crippen LogP contribution < -0.4 is 0 Å². The molecule has 1 aromatic carbocycles. The first-order chi connectivity index (χ1) is 9.70. The van der Waals surface area contributed by atoms with Crippen molar-refractivity contribution in [2.45, 2.75) is 32.7 Å². The number of aromatic nitrogens is 2. The molecule has 0 unspecified atom stereocenters. The molecule has 0 atom stereocenters. The van der Waals surface area contributed by atoms with E-state index in [0.29, 0.717) is 31.1 Å². The third kappa shape index (κ3) is 2.87. The van der Waals surface area contributed by atoms with E-state index < -0.39 is 0 Å². The highest BCUT2D eigenvalue weighted by molar-refractivity contribution is 5.77. The van der Waals surface area contributed by atoms with Gasteiger partial charge in [-0.15, -0.1) is 0 Å². The maximum absolute atomic E-state index is 11.5. The SMILES string of the molecule is Cc1ccc(Cc2noc(CN3CCCC3=O)n2)cc1. The Morgan fingerprint density at radius 1 is 1.30 bits per heavy atom. The van der Waals surface area contributed by atoms with Gasteiger partial charge in [0.25, 0.3) is 0 Å². The van der Waals surface area contributed by atoms with Crippen LogP contribution in [0, 0.1) is 6.92 Å². The van der Waals surface area contributed by atoms with Crippen LogP contribution in [-0.2, 0) is 17.8 Å². The molecule has 1 saturated heterocycles. The molecule has 2 heterocycles. The Labute approximate surface area is 117 Å². The molecule has 20 heavy (non-hydrogen) atoms. The average Bonchev–Trinajstić information content (AvgIpc) is 3.03. The maximum atomic E-state index is 11.5. The van der Waals surface area contributed by atoms with Gasteiger partial charge in [-0.2, -0.15) is 4.98 Å². The van der Waals surface area contributed by atoms with Gasteiger partial charge in [-0.05, 0) is 18.9 Å². The van der Waals surface area contributed by atoms with Crippen LogP contribution in [0.4, 0.5) is 0 Å². The Kier molecular flexibility index (Phi) is 3.50. The van der Waals surface area contributed by atoms with Gasteiger partial charge in [-0.1, -0.05) is 35.0 Å². The molecule has 1 aliphatic rings. The zero-order chi connectivity index (χ0) is 13.9. The smallest absolute Gasteiger partial charge is 0.246 e. The summed E-state index contributed by atoms with van der Waals surface area (Å²) in [6.07, 6.45) is 2.20. The Balaban J connectivity index is 1.64. The molecule has 0 spiro atoms. The molecule has 5 nitrogen and oxygen atoms in total. The summed E-state index contributed by atoms with van der Waals surface area (Å²) in [6.45, 7) is 3.28. The number of aryl methyl sites for hydroxylation is 1. The molecule has 0 N–H and O–H groups in total. The Hall–Kier alpha value is -2.17. The quantitative estimate of drug-likeness (QED) is 0.854. The van der Waals surface area contributed by atoms with Crippen molar-refractivity contribution in [3.05, 3.63) is 47.1 Å². The van der Waals surface area contributed by atoms with E-state index in [9.17, 15) is 4.79 Å². The number of amides is 1. The highest BCUT2D eigenvalue weighted by atomic mass is 16.5. The van der Waals surface area contributed by atoms with Crippen LogP contribution in [0.5, 0.6) is 0 Å². The largest absolute Gasteiger partial charge is 0.337 e. The molecular weight excluding hydrogens is 254 g/mol. The van der Waals surface area contributed by atoms with Crippen LogP contribution in [-0.4, -0.2) is 27.5 Å². The van der Waals surface area contributed by atoms with E-state index >= 15 is 0 Å². The highest BCUT2D eigenvalue weighted by Crippen LogP contribution is 2.14. The molecule has 1 aromatic heterocycles. The lowest BCUT2D eigenvalue weighted by molar-refractivity contribution is -0.128. The summed E-state index contributed by atoms with van der Waals surface area (Å²) in [5, 5.41) is 3.98. The van der Waals surface area contributed by atoms with Gasteiger partial charge >= 0.3 is 0 Å². The standard InChI is InChI=1S/C15H17N3O2/c1-11-4-6-12(7-5-11)9-13-16-14(20-17-13)10-18-8-2-3-15(18)19/h4-7H,2-3,8-10H2,1H3. The van der Waals surface area contributed by atoms with Gasteiger partial charge < -0.3 is 9.42 Å². The first-order valence-corrected chi connectivity index (χ1v) is 6.85. The zero-order valence-corrected chi connectivity index (χ0v) is 11.5. The summed E-state index contributed by atoms with van der Waals surface area (Å²) in [6, 6.07) is 8.27. The van der Waals surface area contributed by atoms with Crippen molar-refractivity contribution < 1.29 is 9.32 Å². The zero-order valence-electron chi connectivity index (χ0n) is 11.5. The van der Waals surface area contributed by atoms with E-state index in [2.05, 4.69) is 41.3 Å². The highest BCUT2D eigenvalue weighted by Gasteiger charge is 2.22. The molecule has 0 radical (unpaired) electrons. The summed E-state index contributed by atoms with van der Waals surface area (Å²) in [5.41, 5.74) is 2.38. The number of likely N-dealkylation sites (tertiary alicyclic amines) is 1. The van der Waals surface area contributed by atoms with E-state index in [1.165, 1.54) is 5.56 Å². The molecule has 0 bridgehead atoms. The van der Waals surface area contributed by atoms with Gasteiger partial charge in [0.1, 0.15) is 0 Å². The number of benzene rings is 1. The lowest BCUT2D eigenvalue weighted by atomic mass is 10.1. The van der Waals surface area contributed by atoms with Gasteiger partial charge in [0, 0.05) is 19.4 Å². The van der Waals surface area contributed by atoms with Crippen LogP contribution in [0.15, 0.2) is 28.8 Å². The fraction of sp³-hybridized carbons (Fsp3) is 0.400. The fourth-order valence-corrected chi connectivity index (χ4v) is 2.35. The molecule has 1 aliphatic heterocycles. The van der Waals surface area contributed by atoms with E-state index in [1.807, 2.05) is 0 Å². The van der Waals surface area contributed by atoms with Crippen LogP contribution in [0.25, 0.3) is 0 Å². The normalized spacial score (nSPS) is 15.1. The van der Waals surface area contributed by atoms with Crippen molar-refractivity contribution in [3.63, 3.8) is 0 Å². The molecule has 0 saturated carbocycles. The summed E-state index contributed by atoms with van der Waals surface area (Å²) in [4.78, 5) is 17.7. The minimum atomic E-state index is 0.170. The molecule has 1 amide bonds. The second kappa shape index (κ2) is 5.45. The third-order valence-electron chi connectivity index (χ3n) is 3.49. The Morgan fingerprint density at radius 2 is 2.10 bits per heavy atom. The topological polar surface area (TPSA) is 59.2 Å². The second-order valence-corrected chi connectivity index (χ2v) is 5.19. The van der Waals surface area contributed by atoms with Crippen LogP contribution in [0.3, 0.4) is 0 Å². The summed E-state index contributed by atoms with van der Waals surface area (Å²) in [5.74, 6) is 1.35. The summed E-state index contributed by atoms with van der Waals surface area (Å²) in [7, 11) is 0. The van der Waals surface area contributed by atoms with Crippen molar-refractivity contribution in [1.82, 2.24) is 15.0 Å². The minimum Gasteiger partial charge on any atom is -0.337 e. The molecule has 1 fully saturated rings. The van der Waals surface area contributed by atoms with Gasteiger partial charge in [0.2, 0.25) is 11.8 Å². The van der Waals surface area contributed by atoms with Gasteiger partial charge in [-0.25, -0.2) is 0 Å². The minimum absolute atomic E-state index is 0.170. The van der Waals surface area contributed by atoms with Crippen molar-refractivity contribution >= 4 is 5.91 Å². The fourth-order valence-electron chi connectivity index (χ4n) is 2.35. The van der Waals surface area contributed by atoms with Crippen molar-refractivity contribution in [2.75, 3.05) is 6.54 Å². The van der Waals surface area contributed by atoms with Crippen LogP contribution in [0.1, 0.15) is 35.7 Å². The third-order valence-corrected chi connectivity index (χ3v) is 3.49. The monoisotopic (exact) mass is 271 g/mol. The van der Waals surface area contributed by atoms with Gasteiger partial charge in [0.15, 0.2) is 5.82 Å². The van der Waals surface area contributed by atoms with E-state index in [-0.39, 0.29) is 5.91 Å². The number of nitrogens with zero attached hydrogens (tertiary/aromatic N) is 3. The number of rotatable bonds is 4. The predicted octanol–water partition coefficient (Wildman–Crippen LogP) is 2.09. The first-order valence-electron chi connectivity index (χ1n) is 6.85. The van der Waals surface area contributed by atoms with Gasteiger partial charge in [-0.3, -0.25) is 4.79 Å². The first kappa shape index (κ1) is 12.8. The molecule has 3 rings (SSSR count). The molecule has 2 aromatic rings. The number of hydrogen-bond donors (Lipinski definition) is 0.